The molecule has 0 aromatic carbocycles. The summed E-state index contributed by atoms with van der Waals surface area (Å²) in [5, 5.41) is 0. The van der Waals surface area contributed by atoms with Gasteiger partial charge in [-0.2, -0.15) is 0 Å². The van der Waals surface area contributed by atoms with E-state index >= 15 is 0 Å². The van der Waals surface area contributed by atoms with E-state index < -0.39 is 18.7 Å². The molecule has 2 nitrogen and oxygen atoms in total. The van der Waals surface area contributed by atoms with Crippen molar-refractivity contribution in [3.63, 3.8) is 0 Å². The number of ether oxygens (including phenoxy) is 1. The minimum atomic E-state index is -2.24. The summed E-state index contributed by atoms with van der Waals surface area (Å²) in [5.41, 5.74) is 0. The molecule has 0 aliphatic heterocycles. The summed E-state index contributed by atoms with van der Waals surface area (Å²) in [4.78, 5) is 10.8. The van der Waals surface area contributed by atoms with Gasteiger partial charge in [0.25, 0.3) is 0 Å². The van der Waals surface area contributed by atoms with E-state index in [4.69, 9.17) is 4.11 Å². The van der Waals surface area contributed by atoms with Crippen LogP contribution in [0.25, 0.3) is 0 Å². The number of hydrogen-bond donors (Lipinski definition) is 0. The first-order valence-corrected chi connectivity index (χ1v) is 2.56. The van der Waals surface area contributed by atoms with Crippen LogP contribution in [0.4, 0.5) is 0 Å². The number of carbonyl (C=O) groups is 1. The lowest BCUT2D eigenvalue weighted by Gasteiger charge is -2.01. The van der Waals surface area contributed by atoms with Crippen LogP contribution in [0.3, 0.4) is 0 Å². The molecular weight excluding hydrogens is 104 g/mol. The fourth-order valence-corrected chi connectivity index (χ4v) is 0.267. The summed E-state index contributed by atoms with van der Waals surface area (Å²) in [6.45, 7) is 0.959. The smallest absolute Gasteiger partial charge is 0.308 e. The molecule has 0 aromatic heterocycles. The van der Waals surface area contributed by atoms with Gasteiger partial charge in [0.05, 0.1) is 12.5 Å². The SMILES string of the molecule is [2H]C([2H])([2H])C(C)C(=O)OCC. The first kappa shape index (κ1) is 3.49. The van der Waals surface area contributed by atoms with Gasteiger partial charge < -0.3 is 4.74 Å². The van der Waals surface area contributed by atoms with Crippen molar-refractivity contribution >= 4 is 5.97 Å². The minimum Gasteiger partial charge on any atom is -0.466 e. The predicted molar refractivity (Wildman–Crippen MR) is 31.5 cm³/mol. The molecule has 1 unspecified atom stereocenters. The molecule has 0 rings (SSSR count). The van der Waals surface area contributed by atoms with E-state index in [1.165, 1.54) is 6.92 Å². The van der Waals surface area contributed by atoms with E-state index in [-0.39, 0.29) is 6.61 Å². The third-order valence-electron chi connectivity index (χ3n) is 0.640. The van der Waals surface area contributed by atoms with Gasteiger partial charge in [0.1, 0.15) is 0 Å². The van der Waals surface area contributed by atoms with Crippen LogP contribution in [-0.4, -0.2) is 12.6 Å². The molecule has 2 heteroatoms. The molecule has 0 N–H and O–H groups in total. The van der Waals surface area contributed by atoms with Crippen molar-refractivity contribution in [2.24, 2.45) is 5.92 Å². The molecule has 1 atom stereocenters. The summed E-state index contributed by atoms with van der Waals surface area (Å²) >= 11 is 0. The Morgan fingerprint density at radius 1 is 2.00 bits per heavy atom. The van der Waals surface area contributed by atoms with Gasteiger partial charge in [-0.15, -0.1) is 0 Å². The fourth-order valence-electron chi connectivity index (χ4n) is 0.267. The number of carbonyl (C=O) groups excluding carboxylic acids is 1. The molecule has 0 fully saturated rings. The van der Waals surface area contributed by atoms with E-state index in [0.717, 1.165) is 0 Å². The average molecular weight is 119 g/mol. The highest BCUT2D eigenvalue weighted by Gasteiger charge is 2.04. The van der Waals surface area contributed by atoms with Crippen molar-refractivity contribution in [2.45, 2.75) is 20.7 Å². The van der Waals surface area contributed by atoms with Crippen LogP contribution >= 0.6 is 0 Å². The first-order valence-electron chi connectivity index (χ1n) is 4.06. The Morgan fingerprint density at radius 3 is 3.00 bits per heavy atom. The highest BCUT2D eigenvalue weighted by molar-refractivity contribution is 5.71. The van der Waals surface area contributed by atoms with E-state index in [0.29, 0.717) is 0 Å². The minimum absolute atomic E-state index is 0.221. The Labute approximate surface area is 54.1 Å². The van der Waals surface area contributed by atoms with Crippen molar-refractivity contribution in [2.75, 3.05) is 6.61 Å². The maximum atomic E-state index is 10.8. The Hall–Kier alpha value is -0.530. The quantitative estimate of drug-likeness (QED) is 0.511. The van der Waals surface area contributed by atoms with Gasteiger partial charge >= 0.3 is 5.97 Å². The summed E-state index contributed by atoms with van der Waals surface area (Å²) in [7, 11) is 0. The largest absolute Gasteiger partial charge is 0.466 e. The number of hydrogen-bond acceptors (Lipinski definition) is 2. The van der Waals surface area contributed by atoms with Gasteiger partial charge in [-0.1, -0.05) is 13.8 Å². The average Bonchev–Trinajstić information content (AvgIpc) is 1.85. The van der Waals surface area contributed by atoms with Gasteiger partial charge in [0.2, 0.25) is 0 Å². The van der Waals surface area contributed by atoms with Crippen molar-refractivity contribution in [1.82, 2.24) is 0 Å². The monoisotopic (exact) mass is 119 g/mol. The second kappa shape index (κ2) is 3.47. The van der Waals surface area contributed by atoms with Gasteiger partial charge in [-0.05, 0) is 6.92 Å². The van der Waals surface area contributed by atoms with E-state index in [9.17, 15) is 4.79 Å². The standard InChI is InChI=1S/C6H12O2/c1-4-8-6(7)5(2)3/h5H,4H2,1-3H3/i2D3. The molecule has 8 heavy (non-hydrogen) atoms. The number of esters is 1. The molecule has 0 saturated heterocycles. The van der Waals surface area contributed by atoms with Crippen molar-refractivity contribution in [3.05, 3.63) is 0 Å². The zero-order chi connectivity index (χ0) is 9.07. The Kier molecular flexibility index (Phi) is 1.51. The van der Waals surface area contributed by atoms with E-state index in [2.05, 4.69) is 4.74 Å². The van der Waals surface area contributed by atoms with Gasteiger partial charge in [-0.25, -0.2) is 0 Å². The van der Waals surface area contributed by atoms with Crippen LogP contribution in [-0.2, 0) is 9.53 Å². The molecule has 48 valence electrons. The molecule has 0 aliphatic carbocycles. The second-order valence-electron chi connectivity index (χ2n) is 1.47. The predicted octanol–water partition coefficient (Wildman–Crippen LogP) is 1.21. The highest BCUT2D eigenvalue weighted by Crippen LogP contribution is 1.93. The first-order chi connectivity index (χ1) is 4.89. The van der Waals surface area contributed by atoms with Gasteiger partial charge in [0.15, 0.2) is 0 Å². The van der Waals surface area contributed by atoms with E-state index in [1.807, 2.05) is 0 Å². The fraction of sp³-hybridized carbons (Fsp3) is 0.833. The summed E-state index contributed by atoms with van der Waals surface area (Å²) < 4.78 is 25.2. The Bertz CT molecular complexity index is 141. The van der Waals surface area contributed by atoms with Gasteiger partial charge in [-0.3, -0.25) is 4.79 Å². The van der Waals surface area contributed by atoms with Gasteiger partial charge in [0, 0.05) is 4.11 Å². The molecule has 0 amide bonds. The molecule has 0 heterocycles. The Balaban J connectivity index is 4.03. The zero-order valence-corrected chi connectivity index (χ0v) is 5.10. The molecule has 0 aliphatic rings. The van der Waals surface area contributed by atoms with Crippen LogP contribution in [0.5, 0.6) is 0 Å². The van der Waals surface area contributed by atoms with E-state index in [1.54, 1.807) is 6.92 Å². The third-order valence-corrected chi connectivity index (χ3v) is 0.640. The molecule has 0 bridgehead atoms. The molecule has 0 saturated carbocycles. The normalized spacial score (nSPS) is 20.0. The number of rotatable bonds is 2. The van der Waals surface area contributed by atoms with Crippen molar-refractivity contribution < 1.29 is 13.6 Å². The molecule has 0 radical (unpaired) electrons. The lowest BCUT2D eigenvalue weighted by atomic mass is 10.2. The zero-order valence-electron chi connectivity index (χ0n) is 8.10. The summed E-state index contributed by atoms with van der Waals surface area (Å²) in [6, 6.07) is 0. The van der Waals surface area contributed by atoms with Crippen molar-refractivity contribution in [3.8, 4) is 0 Å². The lowest BCUT2D eigenvalue weighted by Crippen LogP contribution is -2.10. The molecule has 0 aromatic rings. The summed E-state index contributed by atoms with van der Waals surface area (Å²) in [5.74, 6) is -1.69. The van der Waals surface area contributed by atoms with Crippen LogP contribution in [0.1, 0.15) is 24.8 Å². The molecule has 0 spiro atoms. The summed E-state index contributed by atoms with van der Waals surface area (Å²) in [6.07, 6.45) is 0. The van der Waals surface area contributed by atoms with Crippen LogP contribution < -0.4 is 0 Å². The van der Waals surface area contributed by atoms with Crippen LogP contribution in [0, 0.1) is 5.92 Å². The second-order valence-corrected chi connectivity index (χ2v) is 1.47. The topological polar surface area (TPSA) is 26.3 Å². The highest BCUT2D eigenvalue weighted by atomic mass is 16.5. The molecular formula is C6H12O2. The van der Waals surface area contributed by atoms with Crippen LogP contribution in [0.15, 0.2) is 0 Å². The lowest BCUT2D eigenvalue weighted by molar-refractivity contribution is -0.146. The van der Waals surface area contributed by atoms with Crippen LogP contribution in [0.2, 0.25) is 0 Å². The maximum Gasteiger partial charge on any atom is 0.308 e. The Morgan fingerprint density at radius 2 is 2.62 bits per heavy atom. The third kappa shape index (κ3) is 2.61. The van der Waals surface area contributed by atoms with Crippen molar-refractivity contribution in [1.29, 1.82) is 0 Å². The maximum absolute atomic E-state index is 10.8.